The minimum atomic E-state index is -0.850. The van der Waals surface area contributed by atoms with Gasteiger partial charge in [0, 0.05) is 18.6 Å². The van der Waals surface area contributed by atoms with Crippen LogP contribution in [0.3, 0.4) is 0 Å². The Labute approximate surface area is 143 Å². The predicted molar refractivity (Wildman–Crippen MR) is 91.7 cm³/mol. The maximum Gasteiger partial charge on any atom is 0.236 e. The Morgan fingerprint density at radius 3 is 2.46 bits per heavy atom. The van der Waals surface area contributed by atoms with E-state index in [9.17, 15) is 13.6 Å². The van der Waals surface area contributed by atoms with E-state index in [1.807, 2.05) is 30.7 Å². The lowest BCUT2D eigenvalue weighted by molar-refractivity contribution is -0.135. The molecule has 0 aliphatic heterocycles. The van der Waals surface area contributed by atoms with Gasteiger partial charge in [-0.15, -0.1) is 0 Å². The summed E-state index contributed by atoms with van der Waals surface area (Å²) < 4.78 is 26.5. The van der Waals surface area contributed by atoms with Crippen LogP contribution in [0.5, 0.6) is 0 Å². The van der Waals surface area contributed by atoms with E-state index in [4.69, 9.17) is 0 Å². The molecule has 1 saturated carbocycles. The van der Waals surface area contributed by atoms with Crippen LogP contribution in [0.4, 0.5) is 8.78 Å². The Morgan fingerprint density at radius 2 is 1.88 bits per heavy atom. The summed E-state index contributed by atoms with van der Waals surface area (Å²) in [6, 6.07) is 4.11. The van der Waals surface area contributed by atoms with Crippen LogP contribution < -0.4 is 0 Å². The van der Waals surface area contributed by atoms with Crippen molar-refractivity contribution in [2.24, 2.45) is 0 Å². The van der Waals surface area contributed by atoms with Gasteiger partial charge in [-0.25, -0.2) is 8.78 Å². The zero-order valence-electron chi connectivity index (χ0n) is 14.9. The lowest BCUT2D eigenvalue weighted by Crippen LogP contribution is -2.46. The number of amides is 1. The fourth-order valence-corrected chi connectivity index (χ4v) is 3.50. The number of carbonyl (C=O) groups excluding carboxylic acids is 1. The van der Waals surface area contributed by atoms with E-state index in [1.165, 1.54) is 25.3 Å². The molecule has 2 rings (SSSR count). The number of hydrogen-bond donors (Lipinski definition) is 0. The van der Waals surface area contributed by atoms with Gasteiger partial charge in [-0.05, 0) is 51.4 Å². The van der Waals surface area contributed by atoms with Crippen molar-refractivity contribution in [2.45, 2.75) is 58.0 Å². The second-order valence-corrected chi connectivity index (χ2v) is 6.74. The monoisotopic (exact) mass is 338 g/mol. The number of likely N-dealkylation sites (N-methyl/N-ethyl adjacent to an activating group) is 2. The van der Waals surface area contributed by atoms with E-state index in [2.05, 4.69) is 0 Å². The van der Waals surface area contributed by atoms with Crippen LogP contribution >= 0.6 is 0 Å². The summed E-state index contributed by atoms with van der Waals surface area (Å²) in [6.45, 7) is 4.92. The van der Waals surface area contributed by atoms with E-state index < -0.39 is 11.6 Å². The van der Waals surface area contributed by atoms with Gasteiger partial charge >= 0.3 is 0 Å². The van der Waals surface area contributed by atoms with Crippen molar-refractivity contribution in [3.63, 3.8) is 0 Å². The van der Waals surface area contributed by atoms with Gasteiger partial charge in [0.25, 0.3) is 0 Å². The number of hydrogen-bond acceptors (Lipinski definition) is 2. The Kier molecular flexibility index (Phi) is 6.72. The molecule has 1 aliphatic carbocycles. The van der Waals surface area contributed by atoms with E-state index in [-0.39, 0.29) is 18.5 Å². The molecular formula is C19H28F2N2O. The molecule has 0 spiro atoms. The molecule has 0 bridgehead atoms. The first-order valence-corrected chi connectivity index (χ1v) is 8.88. The summed E-state index contributed by atoms with van der Waals surface area (Å²) in [5.41, 5.74) is 0.671. The molecule has 1 aromatic carbocycles. The molecule has 0 saturated heterocycles. The minimum Gasteiger partial charge on any atom is -0.339 e. The Bertz CT molecular complexity index is 558. The Balaban J connectivity index is 1.99. The first kappa shape index (κ1) is 18.8. The molecule has 0 radical (unpaired) electrons. The van der Waals surface area contributed by atoms with Gasteiger partial charge in [0.15, 0.2) is 11.6 Å². The Morgan fingerprint density at radius 1 is 1.21 bits per heavy atom. The van der Waals surface area contributed by atoms with Crippen molar-refractivity contribution >= 4 is 5.91 Å². The molecule has 5 heteroatoms. The van der Waals surface area contributed by atoms with Gasteiger partial charge in [-0.2, -0.15) is 0 Å². The van der Waals surface area contributed by atoms with Crippen LogP contribution in [0.2, 0.25) is 0 Å². The summed E-state index contributed by atoms with van der Waals surface area (Å²) in [4.78, 5) is 16.6. The van der Waals surface area contributed by atoms with E-state index in [0.717, 1.165) is 25.5 Å². The summed E-state index contributed by atoms with van der Waals surface area (Å²) in [6.07, 6.45) is 5.81. The third-order valence-corrected chi connectivity index (χ3v) is 5.15. The number of rotatable bonds is 6. The van der Waals surface area contributed by atoms with E-state index in [1.54, 1.807) is 6.07 Å². The van der Waals surface area contributed by atoms with Crippen molar-refractivity contribution in [1.82, 2.24) is 9.80 Å². The lowest BCUT2D eigenvalue weighted by atomic mass is 9.94. The smallest absolute Gasteiger partial charge is 0.236 e. The topological polar surface area (TPSA) is 23.6 Å². The van der Waals surface area contributed by atoms with Crippen molar-refractivity contribution in [1.29, 1.82) is 0 Å². The summed E-state index contributed by atoms with van der Waals surface area (Å²) in [5, 5.41) is 0. The quantitative estimate of drug-likeness (QED) is 0.778. The summed E-state index contributed by atoms with van der Waals surface area (Å²) in [5.74, 6) is -1.59. The van der Waals surface area contributed by atoms with Crippen molar-refractivity contribution in [3.05, 3.63) is 35.4 Å². The third kappa shape index (κ3) is 4.53. The largest absolute Gasteiger partial charge is 0.339 e. The van der Waals surface area contributed by atoms with Crippen LogP contribution in [0.15, 0.2) is 18.2 Å². The lowest BCUT2D eigenvalue weighted by Gasteiger charge is -2.35. The molecule has 3 nitrogen and oxygen atoms in total. The average Bonchev–Trinajstić information content (AvgIpc) is 2.58. The first-order valence-electron chi connectivity index (χ1n) is 8.88. The van der Waals surface area contributed by atoms with E-state index in [0.29, 0.717) is 11.6 Å². The molecular weight excluding hydrogens is 310 g/mol. The van der Waals surface area contributed by atoms with Crippen molar-refractivity contribution in [2.75, 3.05) is 20.1 Å². The molecule has 134 valence electrons. The highest BCUT2D eigenvalue weighted by atomic mass is 19.2. The second-order valence-electron chi connectivity index (χ2n) is 6.74. The number of halogens is 2. The van der Waals surface area contributed by atoms with Crippen LogP contribution in [-0.4, -0.2) is 41.9 Å². The molecule has 1 aliphatic rings. The zero-order valence-corrected chi connectivity index (χ0v) is 14.9. The van der Waals surface area contributed by atoms with Crippen LogP contribution in [-0.2, 0) is 4.79 Å². The SMILES string of the molecule is CCN(C(=O)CN(C)C(C)c1ccc(F)c(F)c1)C1CCCCC1. The zero-order chi connectivity index (χ0) is 17.7. The standard InChI is InChI=1S/C19H28F2N2O/c1-4-23(16-8-6-5-7-9-16)19(24)13-22(3)14(2)15-10-11-17(20)18(21)12-15/h10-12,14,16H,4-9,13H2,1-3H3. The van der Waals surface area contributed by atoms with Crippen molar-refractivity contribution in [3.8, 4) is 0 Å². The highest BCUT2D eigenvalue weighted by molar-refractivity contribution is 5.78. The van der Waals surface area contributed by atoms with Gasteiger partial charge < -0.3 is 4.90 Å². The first-order chi connectivity index (χ1) is 11.4. The fourth-order valence-electron chi connectivity index (χ4n) is 3.50. The highest BCUT2D eigenvalue weighted by Gasteiger charge is 2.26. The highest BCUT2D eigenvalue weighted by Crippen LogP contribution is 2.24. The predicted octanol–water partition coefficient (Wildman–Crippen LogP) is 4.14. The molecule has 0 aromatic heterocycles. The van der Waals surface area contributed by atoms with Crippen LogP contribution in [0.25, 0.3) is 0 Å². The molecule has 0 N–H and O–H groups in total. The van der Waals surface area contributed by atoms with Gasteiger partial charge in [0.1, 0.15) is 0 Å². The van der Waals surface area contributed by atoms with E-state index >= 15 is 0 Å². The number of nitrogens with zero attached hydrogens (tertiary/aromatic N) is 2. The third-order valence-electron chi connectivity index (χ3n) is 5.15. The second kappa shape index (κ2) is 8.56. The molecule has 1 unspecified atom stereocenters. The molecule has 0 heterocycles. The van der Waals surface area contributed by atoms with Gasteiger partial charge in [-0.3, -0.25) is 9.69 Å². The maximum atomic E-state index is 13.4. The van der Waals surface area contributed by atoms with Crippen LogP contribution in [0, 0.1) is 11.6 Å². The number of benzene rings is 1. The minimum absolute atomic E-state index is 0.112. The normalized spacial score (nSPS) is 17.1. The number of carbonyl (C=O) groups is 1. The van der Waals surface area contributed by atoms with Gasteiger partial charge in [0.05, 0.1) is 6.54 Å². The van der Waals surface area contributed by atoms with Gasteiger partial charge in [-0.1, -0.05) is 25.3 Å². The summed E-state index contributed by atoms with van der Waals surface area (Å²) in [7, 11) is 1.85. The fraction of sp³-hybridized carbons (Fsp3) is 0.632. The molecule has 1 aromatic rings. The Hall–Kier alpha value is -1.49. The average molecular weight is 338 g/mol. The van der Waals surface area contributed by atoms with Crippen molar-refractivity contribution < 1.29 is 13.6 Å². The molecule has 1 fully saturated rings. The maximum absolute atomic E-state index is 13.4. The molecule has 24 heavy (non-hydrogen) atoms. The molecule has 1 amide bonds. The van der Waals surface area contributed by atoms with Crippen LogP contribution in [0.1, 0.15) is 57.6 Å². The summed E-state index contributed by atoms with van der Waals surface area (Å²) >= 11 is 0. The van der Waals surface area contributed by atoms with Gasteiger partial charge in [0.2, 0.25) is 5.91 Å². The molecule has 1 atom stereocenters.